The summed E-state index contributed by atoms with van der Waals surface area (Å²) in [7, 11) is 0. The number of aromatic nitrogens is 2. The Morgan fingerprint density at radius 2 is 1.81 bits per heavy atom. The average Bonchev–Trinajstić information content (AvgIpc) is 2.53. The SMILES string of the molecule is O=[N+]([O-])c1cccnc1NCc1cccc2cccnc12. The number of nitro groups is 1. The van der Waals surface area contributed by atoms with E-state index >= 15 is 0 Å². The minimum atomic E-state index is -0.448. The number of fused-ring (bicyclic) bond motifs is 1. The van der Waals surface area contributed by atoms with Crippen LogP contribution in [-0.2, 0) is 6.54 Å². The lowest BCUT2D eigenvalue weighted by Crippen LogP contribution is -2.05. The zero-order chi connectivity index (χ0) is 14.7. The number of nitrogens with one attached hydrogen (secondary N) is 1. The van der Waals surface area contributed by atoms with Crippen LogP contribution in [0.1, 0.15) is 5.56 Å². The van der Waals surface area contributed by atoms with Crippen LogP contribution in [0.2, 0.25) is 0 Å². The van der Waals surface area contributed by atoms with Gasteiger partial charge in [0.25, 0.3) is 0 Å². The molecule has 2 heterocycles. The van der Waals surface area contributed by atoms with Crippen molar-refractivity contribution in [2.24, 2.45) is 0 Å². The monoisotopic (exact) mass is 280 g/mol. The van der Waals surface area contributed by atoms with Crippen LogP contribution in [0.5, 0.6) is 0 Å². The topological polar surface area (TPSA) is 81.0 Å². The van der Waals surface area contributed by atoms with E-state index in [-0.39, 0.29) is 11.5 Å². The van der Waals surface area contributed by atoms with Gasteiger partial charge in [-0.15, -0.1) is 0 Å². The van der Waals surface area contributed by atoms with Gasteiger partial charge in [0, 0.05) is 30.4 Å². The molecule has 0 aliphatic rings. The molecule has 104 valence electrons. The highest BCUT2D eigenvalue weighted by Gasteiger charge is 2.13. The molecule has 1 N–H and O–H groups in total. The van der Waals surface area contributed by atoms with Gasteiger partial charge >= 0.3 is 5.69 Å². The van der Waals surface area contributed by atoms with Crippen LogP contribution in [-0.4, -0.2) is 14.9 Å². The van der Waals surface area contributed by atoms with Crippen LogP contribution in [0.25, 0.3) is 10.9 Å². The van der Waals surface area contributed by atoms with Crippen LogP contribution in [0.15, 0.2) is 54.9 Å². The Morgan fingerprint density at radius 3 is 2.67 bits per heavy atom. The molecule has 0 unspecified atom stereocenters. The molecule has 3 rings (SSSR count). The highest BCUT2D eigenvalue weighted by molar-refractivity contribution is 5.81. The molecule has 2 aromatic heterocycles. The lowest BCUT2D eigenvalue weighted by atomic mass is 10.1. The summed E-state index contributed by atoms with van der Waals surface area (Å²) >= 11 is 0. The quantitative estimate of drug-likeness (QED) is 0.586. The van der Waals surface area contributed by atoms with Crippen LogP contribution in [0.3, 0.4) is 0 Å². The summed E-state index contributed by atoms with van der Waals surface area (Å²) in [4.78, 5) is 18.9. The molecule has 0 spiro atoms. The number of rotatable bonds is 4. The largest absolute Gasteiger partial charge is 0.360 e. The van der Waals surface area contributed by atoms with E-state index in [2.05, 4.69) is 15.3 Å². The molecule has 0 aliphatic heterocycles. The predicted molar refractivity (Wildman–Crippen MR) is 80.0 cm³/mol. The Bertz CT molecular complexity index is 799. The Labute approximate surface area is 120 Å². The number of benzene rings is 1. The smallest absolute Gasteiger partial charge is 0.311 e. The number of nitrogens with zero attached hydrogens (tertiary/aromatic N) is 3. The molecule has 1 aromatic carbocycles. The molecule has 0 aliphatic carbocycles. The van der Waals surface area contributed by atoms with Gasteiger partial charge in [-0.3, -0.25) is 15.1 Å². The van der Waals surface area contributed by atoms with Gasteiger partial charge in [0.05, 0.1) is 10.4 Å². The number of para-hydroxylation sites is 1. The summed E-state index contributed by atoms with van der Waals surface area (Å²) in [6.07, 6.45) is 3.26. The Morgan fingerprint density at radius 1 is 1.05 bits per heavy atom. The Kier molecular flexibility index (Phi) is 3.42. The van der Waals surface area contributed by atoms with E-state index in [1.54, 1.807) is 12.3 Å². The van der Waals surface area contributed by atoms with Crippen LogP contribution >= 0.6 is 0 Å². The average molecular weight is 280 g/mol. The van der Waals surface area contributed by atoms with E-state index in [4.69, 9.17) is 0 Å². The molecule has 0 radical (unpaired) electrons. The first kappa shape index (κ1) is 13.0. The molecule has 0 amide bonds. The highest BCUT2D eigenvalue weighted by Crippen LogP contribution is 2.22. The first-order chi connectivity index (χ1) is 10.3. The fourth-order valence-electron chi connectivity index (χ4n) is 2.17. The summed E-state index contributed by atoms with van der Waals surface area (Å²) in [5.74, 6) is 0.260. The van der Waals surface area contributed by atoms with Crippen molar-refractivity contribution in [3.63, 3.8) is 0 Å². The van der Waals surface area contributed by atoms with Gasteiger partial charge in [0.1, 0.15) is 0 Å². The second-order valence-electron chi connectivity index (χ2n) is 4.47. The van der Waals surface area contributed by atoms with Gasteiger partial charge in [-0.25, -0.2) is 4.98 Å². The fraction of sp³-hybridized carbons (Fsp3) is 0.0667. The van der Waals surface area contributed by atoms with E-state index in [1.165, 1.54) is 12.3 Å². The van der Waals surface area contributed by atoms with E-state index in [0.717, 1.165) is 16.5 Å². The number of pyridine rings is 2. The first-order valence-electron chi connectivity index (χ1n) is 6.41. The maximum Gasteiger partial charge on any atom is 0.311 e. The molecule has 0 saturated heterocycles. The molecule has 0 saturated carbocycles. The number of hydrogen-bond acceptors (Lipinski definition) is 5. The third-order valence-corrected chi connectivity index (χ3v) is 3.15. The van der Waals surface area contributed by atoms with Gasteiger partial charge in [-0.05, 0) is 17.7 Å². The van der Waals surface area contributed by atoms with Crippen molar-refractivity contribution in [2.75, 3.05) is 5.32 Å². The summed E-state index contributed by atoms with van der Waals surface area (Å²) in [5.41, 5.74) is 1.81. The van der Waals surface area contributed by atoms with Gasteiger partial charge in [0.15, 0.2) is 0 Å². The third kappa shape index (κ3) is 2.64. The van der Waals surface area contributed by atoms with Crippen molar-refractivity contribution in [1.82, 2.24) is 9.97 Å². The van der Waals surface area contributed by atoms with Crippen LogP contribution < -0.4 is 5.32 Å². The molecule has 6 heteroatoms. The van der Waals surface area contributed by atoms with Crippen molar-refractivity contribution >= 4 is 22.4 Å². The highest BCUT2D eigenvalue weighted by atomic mass is 16.6. The minimum absolute atomic E-state index is 0.0364. The van der Waals surface area contributed by atoms with Crippen molar-refractivity contribution in [2.45, 2.75) is 6.54 Å². The maximum absolute atomic E-state index is 11.0. The molecular weight excluding hydrogens is 268 g/mol. The van der Waals surface area contributed by atoms with Crippen molar-refractivity contribution in [3.8, 4) is 0 Å². The van der Waals surface area contributed by atoms with Crippen molar-refractivity contribution < 1.29 is 4.92 Å². The van der Waals surface area contributed by atoms with Gasteiger partial charge in [-0.2, -0.15) is 0 Å². The molecule has 0 atom stereocenters. The lowest BCUT2D eigenvalue weighted by Gasteiger charge is -2.08. The van der Waals surface area contributed by atoms with E-state index in [1.807, 2.05) is 30.3 Å². The first-order valence-corrected chi connectivity index (χ1v) is 6.41. The molecule has 21 heavy (non-hydrogen) atoms. The molecular formula is C15H12N4O2. The summed E-state index contributed by atoms with van der Waals surface area (Å²) < 4.78 is 0. The van der Waals surface area contributed by atoms with Crippen LogP contribution in [0.4, 0.5) is 11.5 Å². The van der Waals surface area contributed by atoms with Crippen LogP contribution in [0, 0.1) is 10.1 Å². The summed E-state index contributed by atoms with van der Waals surface area (Å²) in [5, 5.41) is 15.0. The van der Waals surface area contributed by atoms with Gasteiger partial charge in [0.2, 0.25) is 5.82 Å². The molecule has 6 nitrogen and oxygen atoms in total. The lowest BCUT2D eigenvalue weighted by molar-refractivity contribution is -0.384. The maximum atomic E-state index is 11.0. The van der Waals surface area contributed by atoms with Gasteiger partial charge in [-0.1, -0.05) is 24.3 Å². The predicted octanol–water partition coefficient (Wildman–Crippen LogP) is 3.15. The second-order valence-corrected chi connectivity index (χ2v) is 4.47. The Hall–Kier alpha value is -3.02. The van der Waals surface area contributed by atoms with Crippen molar-refractivity contribution in [3.05, 3.63) is 70.5 Å². The minimum Gasteiger partial charge on any atom is -0.360 e. The summed E-state index contributed by atoms with van der Waals surface area (Å²) in [6.45, 7) is 0.423. The fourth-order valence-corrected chi connectivity index (χ4v) is 2.17. The Balaban J connectivity index is 1.89. The number of anilines is 1. The second kappa shape index (κ2) is 5.54. The standard InChI is InChI=1S/C15H12N4O2/c20-19(21)13-7-3-9-17-15(13)18-10-12-5-1-4-11-6-2-8-16-14(11)12/h1-9H,10H2,(H,17,18). The van der Waals surface area contributed by atoms with Gasteiger partial charge < -0.3 is 5.32 Å². The molecule has 0 bridgehead atoms. The van der Waals surface area contributed by atoms with E-state index in [0.29, 0.717) is 6.54 Å². The van der Waals surface area contributed by atoms with Crippen molar-refractivity contribution in [1.29, 1.82) is 0 Å². The zero-order valence-corrected chi connectivity index (χ0v) is 11.1. The summed E-state index contributed by atoms with van der Waals surface area (Å²) in [6, 6.07) is 12.7. The van der Waals surface area contributed by atoms with E-state index < -0.39 is 4.92 Å². The normalized spacial score (nSPS) is 10.5. The molecule has 3 aromatic rings. The van der Waals surface area contributed by atoms with E-state index in [9.17, 15) is 10.1 Å². The molecule has 0 fully saturated rings. The zero-order valence-electron chi connectivity index (χ0n) is 11.1. The third-order valence-electron chi connectivity index (χ3n) is 3.15. The number of hydrogen-bond donors (Lipinski definition) is 1.